The van der Waals surface area contributed by atoms with Crippen molar-refractivity contribution in [2.45, 2.75) is 39.2 Å². The van der Waals surface area contributed by atoms with Crippen LogP contribution in [0.25, 0.3) is 6.08 Å². The van der Waals surface area contributed by atoms with Gasteiger partial charge in [-0.15, -0.1) is 0 Å². The molecule has 0 amide bonds. The zero-order valence-electron chi connectivity index (χ0n) is 12.6. The summed E-state index contributed by atoms with van der Waals surface area (Å²) >= 11 is 0. The number of hydrogen-bond donors (Lipinski definition) is 1. The summed E-state index contributed by atoms with van der Waals surface area (Å²) in [5, 5.41) is 8.67. The van der Waals surface area contributed by atoms with Gasteiger partial charge in [-0.1, -0.05) is 0 Å². The van der Waals surface area contributed by atoms with Crippen LogP contribution in [-0.2, 0) is 9.53 Å². The number of rotatable bonds is 5. The van der Waals surface area contributed by atoms with Gasteiger partial charge in [-0.3, -0.25) is 0 Å². The number of carboxylic acid groups (broad SMARTS) is 1. The molecular formula is C17H22O4. The Morgan fingerprint density at radius 2 is 2.10 bits per heavy atom. The van der Waals surface area contributed by atoms with E-state index >= 15 is 0 Å². The molecule has 2 rings (SSSR count). The highest BCUT2D eigenvalue weighted by atomic mass is 16.5. The highest BCUT2D eigenvalue weighted by Crippen LogP contribution is 2.26. The number of carboxylic acids is 1. The maximum atomic E-state index is 10.6. The van der Waals surface area contributed by atoms with Gasteiger partial charge < -0.3 is 14.6 Å². The van der Waals surface area contributed by atoms with E-state index in [1.807, 2.05) is 26.0 Å². The molecule has 4 nitrogen and oxygen atoms in total. The van der Waals surface area contributed by atoms with Crippen LogP contribution in [0.15, 0.2) is 18.2 Å². The van der Waals surface area contributed by atoms with Crippen LogP contribution < -0.4 is 4.74 Å². The smallest absolute Gasteiger partial charge is 0.328 e. The Morgan fingerprint density at radius 3 is 2.67 bits per heavy atom. The van der Waals surface area contributed by atoms with Gasteiger partial charge >= 0.3 is 5.97 Å². The highest BCUT2D eigenvalue weighted by Gasteiger charge is 2.15. The van der Waals surface area contributed by atoms with Gasteiger partial charge in [0, 0.05) is 12.7 Å². The third-order valence-corrected chi connectivity index (χ3v) is 3.59. The van der Waals surface area contributed by atoms with Gasteiger partial charge in [-0.25, -0.2) is 4.79 Å². The zero-order chi connectivity index (χ0) is 15.2. The van der Waals surface area contributed by atoms with E-state index in [0.717, 1.165) is 48.0 Å². The third-order valence-electron chi connectivity index (χ3n) is 3.59. The van der Waals surface area contributed by atoms with Crippen LogP contribution in [0.4, 0.5) is 0 Å². The average Bonchev–Trinajstić information content (AvgIpc) is 2.45. The van der Waals surface area contributed by atoms with Crippen molar-refractivity contribution in [3.63, 3.8) is 0 Å². The molecule has 1 saturated heterocycles. The molecule has 0 aliphatic carbocycles. The monoisotopic (exact) mass is 290 g/mol. The van der Waals surface area contributed by atoms with Crippen molar-refractivity contribution < 1.29 is 19.4 Å². The van der Waals surface area contributed by atoms with Gasteiger partial charge in [0.05, 0.1) is 6.10 Å². The maximum absolute atomic E-state index is 10.6. The summed E-state index contributed by atoms with van der Waals surface area (Å²) in [5.74, 6) is -0.0725. The predicted octanol–water partition coefficient (Wildman–Crippen LogP) is 3.35. The Balaban J connectivity index is 2.04. The standard InChI is InChI=1S/C17H22O4/c1-12-9-14(6-7-16(18)19)10-13(2)17(12)21-11-15-5-3-4-8-20-15/h6-7,9-10,15H,3-5,8,11H2,1-2H3,(H,18,19)/b7-6+. The molecule has 4 heteroatoms. The second kappa shape index (κ2) is 7.27. The molecule has 1 aliphatic rings. The lowest BCUT2D eigenvalue weighted by Gasteiger charge is -2.23. The summed E-state index contributed by atoms with van der Waals surface area (Å²) in [5.41, 5.74) is 2.89. The average molecular weight is 290 g/mol. The quantitative estimate of drug-likeness (QED) is 0.845. The summed E-state index contributed by atoms with van der Waals surface area (Å²) in [7, 11) is 0. The second-order valence-corrected chi connectivity index (χ2v) is 5.45. The van der Waals surface area contributed by atoms with E-state index in [1.165, 1.54) is 6.42 Å². The normalized spacial score (nSPS) is 18.9. The first-order valence-electron chi connectivity index (χ1n) is 7.33. The molecule has 0 radical (unpaired) electrons. The first-order chi connectivity index (χ1) is 10.1. The maximum Gasteiger partial charge on any atom is 0.328 e. The van der Waals surface area contributed by atoms with Crippen LogP contribution in [-0.4, -0.2) is 30.4 Å². The number of aryl methyl sites for hydroxylation is 2. The van der Waals surface area contributed by atoms with Gasteiger partial charge in [0.25, 0.3) is 0 Å². The lowest BCUT2D eigenvalue weighted by molar-refractivity contribution is -0.131. The topological polar surface area (TPSA) is 55.8 Å². The summed E-state index contributed by atoms with van der Waals surface area (Å²) in [6.07, 6.45) is 6.31. The number of benzene rings is 1. The first-order valence-corrected chi connectivity index (χ1v) is 7.33. The largest absolute Gasteiger partial charge is 0.490 e. The van der Waals surface area contributed by atoms with Crippen molar-refractivity contribution in [2.24, 2.45) is 0 Å². The Kier molecular flexibility index (Phi) is 5.39. The molecule has 21 heavy (non-hydrogen) atoms. The van der Waals surface area contributed by atoms with Crippen LogP contribution >= 0.6 is 0 Å². The van der Waals surface area contributed by atoms with Gasteiger partial charge in [0.1, 0.15) is 12.4 Å². The van der Waals surface area contributed by atoms with E-state index in [4.69, 9.17) is 14.6 Å². The SMILES string of the molecule is Cc1cc(/C=C/C(=O)O)cc(C)c1OCC1CCCCO1. The minimum Gasteiger partial charge on any atom is -0.490 e. The molecule has 1 heterocycles. The highest BCUT2D eigenvalue weighted by molar-refractivity contribution is 5.85. The minimum atomic E-state index is -0.944. The molecule has 114 valence electrons. The summed E-state index contributed by atoms with van der Waals surface area (Å²) < 4.78 is 11.6. The van der Waals surface area contributed by atoms with Crippen LogP contribution in [0.1, 0.15) is 36.0 Å². The fourth-order valence-electron chi connectivity index (χ4n) is 2.59. The molecule has 0 bridgehead atoms. The van der Waals surface area contributed by atoms with Crippen LogP contribution in [0.5, 0.6) is 5.75 Å². The summed E-state index contributed by atoms with van der Waals surface area (Å²) in [4.78, 5) is 10.6. The van der Waals surface area contributed by atoms with Crippen molar-refractivity contribution in [1.82, 2.24) is 0 Å². The summed E-state index contributed by atoms with van der Waals surface area (Å²) in [6, 6.07) is 3.87. The van der Waals surface area contributed by atoms with E-state index in [0.29, 0.717) is 6.61 Å². The van der Waals surface area contributed by atoms with Gasteiger partial charge in [-0.2, -0.15) is 0 Å². The molecule has 1 unspecified atom stereocenters. The Bertz CT molecular complexity index is 505. The summed E-state index contributed by atoms with van der Waals surface area (Å²) in [6.45, 7) is 5.35. The molecule has 1 aromatic carbocycles. The van der Waals surface area contributed by atoms with Crippen molar-refractivity contribution in [2.75, 3.05) is 13.2 Å². The van der Waals surface area contributed by atoms with E-state index in [9.17, 15) is 4.79 Å². The fourth-order valence-corrected chi connectivity index (χ4v) is 2.59. The zero-order valence-corrected chi connectivity index (χ0v) is 12.6. The van der Waals surface area contributed by atoms with Gasteiger partial charge in [-0.05, 0) is 68.0 Å². The molecule has 1 aromatic rings. The minimum absolute atomic E-state index is 0.184. The van der Waals surface area contributed by atoms with Crippen molar-refractivity contribution in [1.29, 1.82) is 0 Å². The molecule has 0 spiro atoms. The van der Waals surface area contributed by atoms with Crippen molar-refractivity contribution in [3.05, 3.63) is 34.9 Å². The van der Waals surface area contributed by atoms with Crippen LogP contribution in [0, 0.1) is 13.8 Å². The first kappa shape index (κ1) is 15.6. The van der Waals surface area contributed by atoms with Crippen LogP contribution in [0.2, 0.25) is 0 Å². The van der Waals surface area contributed by atoms with Gasteiger partial charge in [0.15, 0.2) is 0 Å². The van der Waals surface area contributed by atoms with E-state index < -0.39 is 5.97 Å². The molecular weight excluding hydrogens is 268 g/mol. The number of carbonyl (C=O) groups is 1. The van der Waals surface area contributed by atoms with E-state index in [1.54, 1.807) is 6.08 Å². The molecule has 0 aromatic heterocycles. The van der Waals surface area contributed by atoms with E-state index in [-0.39, 0.29) is 6.10 Å². The molecule has 1 N–H and O–H groups in total. The Labute approximate surface area is 125 Å². The number of hydrogen-bond acceptors (Lipinski definition) is 3. The molecule has 1 aliphatic heterocycles. The van der Waals surface area contributed by atoms with Gasteiger partial charge in [0.2, 0.25) is 0 Å². The lowest BCUT2D eigenvalue weighted by atomic mass is 10.0. The fraction of sp³-hybridized carbons (Fsp3) is 0.471. The Morgan fingerprint density at radius 1 is 1.38 bits per heavy atom. The molecule has 1 fully saturated rings. The second-order valence-electron chi connectivity index (χ2n) is 5.45. The van der Waals surface area contributed by atoms with Crippen molar-refractivity contribution in [3.8, 4) is 5.75 Å². The van der Waals surface area contributed by atoms with Crippen LogP contribution in [0.3, 0.4) is 0 Å². The number of ether oxygens (including phenoxy) is 2. The molecule has 0 saturated carbocycles. The Hall–Kier alpha value is -1.81. The predicted molar refractivity (Wildman–Crippen MR) is 81.7 cm³/mol. The molecule has 1 atom stereocenters. The van der Waals surface area contributed by atoms with E-state index in [2.05, 4.69) is 0 Å². The number of aliphatic carboxylic acids is 1. The lowest BCUT2D eigenvalue weighted by Crippen LogP contribution is -2.26. The third kappa shape index (κ3) is 4.60. The van der Waals surface area contributed by atoms with Crippen molar-refractivity contribution >= 4 is 12.0 Å².